The molecule has 0 aliphatic carbocycles. The first-order valence-electron chi connectivity index (χ1n) is 8.03. The number of benzene rings is 2. The predicted molar refractivity (Wildman–Crippen MR) is 104 cm³/mol. The number of methoxy groups -OCH3 is 1. The minimum absolute atomic E-state index is 0.401. The van der Waals surface area contributed by atoms with Crippen molar-refractivity contribution >= 4 is 22.9 Å². The van der Waals surface area contributed by atoms with Crippen LogP contribution in [-0.4, -0.2) is 7.11 Å². The molecule has 1 N–H and O–H groups in total. The fourth-order valence-electron chi connectivity index (χ4n) is 2.52. The highest BCUT2D eigenvalue weighted by Gasteiger charge is 2.11. The third-order valence-corrected chi connectivity index (χ3v) is 5.05. The summed E-state index contributed by atoms with van der Waals surface area (Å²) in [6, 6.07) is 17.8. The second-order valence-electron chi connectivity index (χ2n) is 5.51. The van der Waals surface area contributed by atoms with Crippen LogP contribution in [0.5, 0.6) is 11.5 Å². The molecule has 0 radical (unpaired) electrons. The Hall–Kier alpha value is -2.01. The van der Waals surface area contributed by atoms with Gasteiger partial charge in [0, 0.05) is 34.1 Å². The minimum atomic E-state index is 0.401. The van der Waals surface area contributed by atoms with Crippen LogP contribution < -0.4 is 14.8 Å². The number of ether oxygens (including phenoxy) is 2. The van der Waals surface area contributed by atoms with Gasteiger partial charge >= 0.3 is 0 Å². The van der Waals surface area contributed by atoms with Crippen LogP contribution in [0.1, 0.15) is 16.0 Å². The standard InChI is InChI=1S/C20H20ClNO2S/c1-23-19-10-4-7-15(12-22-13-17-8-5-11-25-17)20(19)24-14-16-6-2-3-9-18(16)21/h2-11,22H,12-14H2,1H3. The van der Waals surface area contributed by atoms with Gasteiger partial charge in [0.15, 0.2) is 11.5 Å². The van der Waals surface area contributed by atoms with Crippen LogP contribution in [0, 0.1) is 0 Å². The second-order valence-corrected chi connectivity index (χ2v) is 6.95. The third-order valence-electron chi connectivity index (χ3n) is 3.80. The molecular weight excluding hydrogens is 354 g/mol. The zero-order chi connectivity index (χ0) is 17.5. The lowest BCUT2D eigenvalue weighted by Crippen LogP contribution is -2.13. The zero-order valence-corrected chi connectivity index (χ0v) is 15.6. The molecule has 1 aromatic heterocycles. The molecule has 2 aromatic carbocycles. The van der Waals surface area contributed by atoms with Gasteiger partial charge in [0.25, 0.3) is 0 Å². The van der Waals surface area contributed by atoms with Gasteiger partial charge in [-0.05, 0) is 23.6 Å². The Balaban J connectivity index is 1.71. The summed E-state index contributed by atoms with van der Waals surface area (Å²) in [6.07, 6.45) is 0. The monoisotopic (exact) mass is 373 g/mol. The fraction of sp³-hybridized carbons (Fsp3) is 0.200. The fourth-order valence-corrected chi connectivity index (χ4v) is 3.39. The van der Waals surface area contributed by atoms with E-state index in [9.17, 15) is 0 Å². The van der Waals surface area contributed by atoms with Crippen molar-refractivity contribution in [2.45, 2.75) is 19.7 Å². The number of nitrogens with one attached hydrogen (secondary N) is 1. The molecule has 0 spiro atoms. The lowest BCUT2D eigenvalue weighted by Gasteiger charge is -2.16. The molecular formula is C20H20ClNO2S. The molecule has 5 heteroatoms. The van der Waals surface area contributed by atoms with Gasteiger partial charge in [-0.15, -0.1) is 11.3 Å². The van der Waals surface area contributed by atoms with Gasteiger partial charge in [-0.25, -0.2) is 0 Å². The minimum Gasteiger partial charge on any atom is -0.493 e. The quantitative estimate of drug-likeness (QED) is 0.582. The molecule has 3 aromatic rings. The van der Waals surface area contributed by atoms with Crippen molar-refractivity contribution in [1.82, 2.24) is 5.32 Å². The molecule has 3 rings (SSSR count). The Morgan fingerprint density at radius 2 is 1.80 bits per heavy atom. The van der Waals surface area contributed by atoms with Crippen LogP contribution >= 0.6 is 22.9 Å². The molecule has 0 atom stereocenters. The molecule has 0 fully saturated rings. The lowest BCUT2D eigenvalue weighted by molar-refractivity contribution is 0.280. The Bertz CT molecular complexity index is 805. The van der Waals surface area contributed by atoms with E-state index < -0.39 is 0 Å². The molecule has 0 unspecified atom stereocenters. The zero-order valence-electron chi connectivity index (χ0n) is 14.0. The van der Waals surface area contributed by atoms with Crippen molar-refractivity contribution in [3.63, 3.8) is 0 Å². The van der Waals surface area contributed by atoms with Crippen molar-refractivity contribution in [2.75, 3.05) is 7.11 Å². The lowest BCUT2D eigenvalue weighted by atomic mass is 10.1. The Morgan fingerprint density at radius 1 is 0.960 bits per heavy atom. The average molecular weight is 374 g/mol. The van der Waals surface area contributed by atoms with Gasteiger partial charge in [0.1, 0.15) is 6.61 Å². The highest BCUT2D eigenvalue weighted by Crippen LogP contribution is 2.32. The maximum atomic E-state index is 6.22. The molecule has 1 heterocycles. The summed E-state index contributed by atoms with van der Waals surface area (Å²) in [7, 11) is 1.65. The van der Waals surface area contributed by atoms with E-state index in [0.29, 0.717) is 18.2 Å². The summed E-state index contributed by atoms with van der Waals surface area (Å²) in [5.41, 5.74) is 2.01. The summed E-state index contributed by atoms with van der Waals surface area (Å²) in [5, 5.41) is 6.24. The first kappa shape index (κ1) is 17.8. The Kier molecular flexibility index (Phi) is 6.34. The smallest absolute Gasteiger partial charge is 0.166 e. The van der Waals surface area contributed by atoms with Crippen molar-refractivity contribution in [2.24, 2.45) is 0 Å². The van der Waals surface area contributed by atoms with E-state index in [1.54, 1.807) is 18.4 Å². The van der Waals surface area contributed by atoms with Crippen molar-refractivity contribution < 1.29 is 9.47 Å². The van der Waals surface area contributed by atoms with E-state index in [1.807, 2.05) is 42.5 Å². The van der Waals surface area contributed by atoms with Gasteiger partial charge in [0.05, 0.1) is 7.11 Å². The van der Waals surface area contributed by atoms with Crippen LogP contribution in [0.25, 0.3) is 0 Å². The van der Waals surface area contributed by atoms with Crippen molar-refractivity contribution in [3.8, 4) is 11.5 Å². The molecule has 0 saturated carbocycles. The van der Waals surface area contributed by atoms with E-state index in [-0.39, 0.29) is 0 Å². The van der Waals surface area contributed by atoms with E-state index in [2.05, 4.69) is 22.8 Å². The summed E-state index contributed by atoms with van der Waals surface area (Å²) >= 11 is 7.97. The summed E-state index contributed by atoms with van der Waals surface area (Å²) in [5.74, 6) is 1.48. The predicted octanol–water partition coefficient (Wildman–Crippen LogP) is 5.28. The first-order chi connectivity index (χ1) is 12.3. The van der Waals surface area contributed by atoms with E-state index in [0.717, 1.165) is 29.2 Å². The highest BCUT2D eigenvalue weighted by molar-refractivity contribution is 7.09. The molecule has 0 aliphatic heterocycles. The molecule has 0 amide bonds. The maximum Gasteiger partial charge on any atom is 0.166 e. The molecule has 25 heavy (non-hydrogen) atoms. The van der Waals surface area contributed by atoms with Crippen LogP contribution in [0.3, 0.4) is 0 Å². The SMILES string of the molecule is COc1cccc(CNCc2cccs2)c1OCc1ccccc1Cl. The van der Waals surface area contributed by atoms with Crippen LogP contribution in [0.15, 0.2) is 60.0 Å². The Labute approximate surface area is 157 Å². The van der Waals surface area contributed by atoms with Gasteiger partial charge in [0.2, 0.25) is 0 Å². The molecule has 3 nitrogen and oxygen atoms in total. The van der Waals surface area contributed by atoms with Gasteiger partial charge in [-0.3, -0.25) is 0 Å². The average Bonchev–Trinajstić information content (AvgIpc) is 3.15. The number of thiophene rings is 1. The first-order valence-corrected chi connectivity index (χ1v) is 9.29. The number of para-hydroxylation sites is 1. The second kappa shape index (κ2) is 8.90. The summed E-state index contributed by atoms with van der Waals surface area (Å²) in [4.78, 5) is 1.31. The van der Waals surface area contributed by atoms with Crippen LogP contribution in [0.4, 0.5) is 0 Å². The van der Waals surface area contributed by atoms with Crippen molar-refractivity contribution in [3.05, 3.63) is 81.0 Å². The topological polar surface area (TPSA) is 30.5 Å². The molecule has 0 bridgehead atoms. The maximum absolute atomic E-state index is 6.22. The largest absolute Gasteiger partial charge is 0.493 e. The van der Waals surface area contributed by atoms with E-state index in [4.69, 9.17) is 21.1 Å². The van der Waals surface area contributed by atoms with Gasteiger partial charge in [-0.2, -0.15) is 0 Å². The number of rotatable bonds is 8. The normalized spacial score (nSPS) is 10.6. The Morgan fingerprint density at radius 3 is 2.56 bits per heavy atom. The molecule has 0 aliphatic rings. The highest BCUT2D eigenvalue weighted by atomic mass is 35.5. The molecule has 0 saturated heterocycles. The third kappa shape index (κ3) is 4.75. The van der Waals surface area contributed by atoms with Crippen LogP contribution in [0.2, 0.25) is 5.02 Å². The van der Waals surface area contributed by atoms with Gasteiger partial charge in [-0.1, -0.05) is 48.0 Å². The number of hydrogen-bond acceptors (Lipinski definition) is 4. The van der Waals surface area contributed by atoms with Crippen molar-refractivity contribution in [1.29, 1.82) is 0 Å². The van der Waals surface area contributed by atoms with Crippen LogP contribution in [-0.2, 0) is 19.7 Å². The number of halogens is 1. The number of hydrogen-bond donors (Lipinski definition) is 1. The van der Waals surface area contributed by atoms with E-state index in [1.165, 1.54) is 4.88 Å². The van der Waals surface area contributed by atoms with E-state index >= 15 is 0 Å². The summed E-state index contributed by atoms with van der Waals surface area (Å²) in [6.45, 7) is 1.93. The summed E-state index contributed by atoms with van der Waals surface area (Å²) < 4.78 is 11.5. The molecule has 130 valence electrons. The van der Waals surface area contributed by atoms with Gasteiger partial charge < -0.3 is 14.8 Å².